The molecule has 2 aromatic carbocycles. The van der Waals surface area contributed by atoms with Crippen LogP contribution in [0.4, 0.5) is 19.1 Å². The van der Waals surface area contributed by atoms with Crippen molar-refractivity contribution in [2.24, 2.45) is 0 Å². The van der Waals surface area contributed by atoms with E-state index >= 15 is 0 Å². The van der Waals surface area contributed by atoms with Crippen LogP contribution in [0.5, 0.6) is 0 Å². The monoisotopic (exact) mass is 382 g/mol. The lowest BCUT2D eigenvalue weighted by molar-refractivity contribution is -0.137. The third kappa shape index (κ3) is 3.57. The van der Waals surface area contributed by atoms with Gasteiger partial charge in [0.2, 0.25) is 5.88 Å². The SMILES string of the molecule is Cc1cc(NS(=O)(=O)c2ccccc2-c2ccccc2C(F)(F)F)on1. The van der Waals surface area contributed by atoms with E-state index in [-0.39, 0.29) is 21.9 Å². The highest BCUT2D eigenvalue weighted by molar-refractivity contribution is 7.92. The molecule has 136 valence electrons. The van der Waals surface area contributed by atoms with E-state index in [1.165, 1.54) is 48.5 Å². The summed E-state index contributed by atoms with van der Waals surface area (Å²) in [5.41, 5.74) is -0.754. The Morgan fingerprint density at radius 3 is 2.23 bits per heavy atom. The Hall–Kier alpha value is -2.81. The number of benzene rings is 2. The highest BCUT2D eigenvalue weighted by atomic mass is 32.2. The summed E-state index contributed by atoms with van der Waals surface area (Å²) in [6, 6.07) is 11.6. The van der Waals surface area contributed by atoms with Crippen LogP contribution in [-0.4, -0.2) is 13.6 Å². The molecule has 0 saturated heterocycles. The quantitative estimate of drug-likeness (QED) is 0.723. The first-order valence-electron chi connectivity index (χ1n) is 7.40. The van der Waals surface area contributed by atoms with Crippen molar-refractivity contribution in [3.8, 4) is 11.1 Å². The molecule has 1 aromatic heterocycles. The molecule has 0 bridgehead atoms. The lowest BCUT2D eigenvalue weighted by Gasteiger charge is -2.16. The fraction of sp³-hybridized carbons (Fsp3) is 0.118. The van der Waals surface area contributed by atoms with Crippen LogP contribution in [0.1, 0.15) is 11.3 Å². The van der Waals surface area contributed by atoms with Gasteiger partial charge in [-0.05, 0) is 24.6 Å². The molecule has 3 rings (SSSR count). The molecular weight excluding hydrogens is 369 g/mol. The van der Waals surface area contributed by atoms with Gasteiger partial charge in [-0.3, -0.25) is 0 Å². The molecule has 1 N–H and O–H groups in total. The molecule has 26 heavy (non-hydrogen) atoms. The number of nitrogens with one attached hydrogen (secondary N) is 1. The fourth-order valence-corrected chi connectivity index (χ4v) is 3.68. The lowest BCUT2D eigenvalue weighted by atomic mass is 9.99. The zero-order valence-electron chi connectivity index (χ0n) is 13.4. The summed E-state index contributed by atoms with van der Waals surface area (Å²) in [7, 11) is -4.19. The van der Waals surface area contributed by atoms with Gasteiger partial charge in [0.05, 0.1) is 16.2 Å². The summed E-state index contributed by atoms with van der Waals surface area (Å²) in [5, 5.41) is 3.57. The van der Waals surface area contributed by atoms with E-state index in [0.717, 1.165) is 6.07 Å². The summed E-state index contributed by atoms with van der Waals surface area (Å²) in [4.78, 5) is -0.300. The topological polar surface area (TPSA) is 72.2 Å². The van der Waals surface area contributed by atoms with Crippen molar-refractivity contribution in [2.75, 3.05) is 4.72 Å². The fourth-order valence-electron chi connectivity index (χ4n) is 2.49. The number of aryl methyl sites for hydroxylation is 1. The molecule has 1 heterocycles. The van der Waals surface area contributed by atoms with Crippen LogP contribution in [0, 0.1) is 6.92 Å². The van der Waals surface area contributed by atoms with Crippen molar-refractivity contribution in [1.29, 1.82) is 0 Å². The van der Waals surface area contributed by atoms with E-state index in [1.807, 2.05) is 0 Å². The second kappa shape index (κ2) is 6.49. The second-order valence-corrected chi connectivity index (χ2v) is 7.13. The van der Waals surface area contributed by atoms with Crippen LogP contribution in [0.15, 0.2) is 64.0 Å². The third-order valence-electron chi connectivity index (χ3n) is 3.56. The van der Waals surface area contributed by atoms with Gasteiger partial charge >= 0.3 is 6.18 Å². The Bertz CT molecular complexity index is 1040. The van der Waals surface area contributed by atoms with Gasteiger partial charge in [-0.15, -0.1) is 0 Å². The highest BCUT2D eigenvalue weighted by Crippen LogP contribution is 2.39. The van der Waals surface area contributed by atoms with Crippen LogP contribution < -0.4 is 4.72 Å². The van der Waals surface area contributed by atoms with Crippen molar-refractivity contribution in [1.82, 2.24) is 5.16 Å². The molecule has 9 heteroatoms. The van der Waals surface area contributed by atoms with Gasteiger partial charge < -0.3 is 4.52 Å². The van der Waals surface area contributed by atoms with Gasteiger partial charge in [0.25, 0.3) is 10.0 Å². The number of rotatable bonds is 4. The minimum absolute atomic E-state index is 0.0656. The van der Waals surface area contributed by atoms with Crippen LogP contribution in [-0.2, 0) is 16.2 Å². The standard InChI is InChI=1S/C17H13F3N2O3S/c1-11-10-16(25-21-11)22-26(23,24)15-9-5-3-7-13(15)12-6-2-4-8-14(12)17(18,19)20/h2-10,22H,1H3. The summed E-state index contributed by atoms with van der Waals surface area (Å²) < 4.78 is 72.4. The molecule has 0 aliphatic heterocycles. The molecule has 0 fully saturated rings. The van der Waals surface area contributed by atoms with Crippen molar-refractivity contribution in [2.45, 2.75) is 18.0 Å². The maximum atomic E-state index is 13.3. The summed E-state index contributed by atoms with van der Waals surface area (Å²) in [6.07, 6.45) is -4.62. The van der Waals surface area contributed by atoms with Gasteiger partial charge in [-0.1, -0.05) is 41.6 Å². The van der Waals surface area contributed by atoms with Gasteiger partial charge in [0, 0.05) is 11.6 Å². The second-order valence-electron chi connectivity index (χ2n) is 5.48. The normalized spacial score (nSPS) is 12.2. The molecule has 0 atom stereocenters. The van der Waals surface area contributed by atoms with Crippen LogP contribution >= 0.6 is 0 Å². The molecule has 0 amide bonds. The highest BCUT2D eigenvalue weighted by Gasteiger charge is 2.34. The molecule has 3 aromatic rings. The Morgan fingerprint density at radius 2 is 1.62 bits per heavy atom. The van der Waals surface area contributed by atoms with Gasteiger partial charge in [0.1, 0.15) is 0 Å². The molecule has 0 spiro atoms. The first-order chi connectivity index (χ1) is 12.2. The van der Waals surface area contributed by atoms with Crippen molar-refractivity contribution in [3.05, 3.63) is 65.9 Å². The number of aromatic nitrogens is 1. The summed E-state index contributed by atoms with van der Waals surface area (Å²) >= 11 is 0. The van der Waals surface area contributed by atoms with Crippen LogP contribution in [0.25, 0.3) is 11.1 Å². The van der Waals surface area contributed by atoms with Crippen LogP contribution in [0.3, 0.4) is 0 Å². The Labute approximate surface area is 147 Å². The van der Waals surface area contributed by atoms with E-state index in [4.69, 9.17) is 4.52 Å². The Balaban J connectivity index is 2.13. The number of nitrogens with zero attached hydrogens (tertiary/aromatic N) is 1. The van der Waals surface area contributed by atoms with Gasteiger partial charge in [0.15, 0.2) is 0 Å². The summed E-state index contributed by atoms with van der Waals surface area (Å²) in [6.45, 7) is 1.61. The first-order valence-corrected chi connectivity index (χ1v) is 8.88. The predicted octanol–water partition coefficient (Wildman–Crippen LogP) is 4.47. The molecule has 0 radical (unpaired) electrons. The predicted molar refractivity (Wildman–Crippen MR) is 88.9 cm³/mol. The largest absolute Gasteiger partial charge is 0.417 e. The minimum atomic E-state index is -4.62. The maximum absolute atomic E-state index is 13.3. The summed E-state index contributed by atoms with van der Waals surface area (Å²) in [5.74, 6) is -0.124. The number of halogens is 3. The number of anilines is 1. The average Bonchev–Trinajstić information content (AvgIpc) is 2.98. The number of alkyl halides is 3. The average molecular weight is 382 g/mol. The van der Waals surface area contributed by atoms with E-state index in [0.29, 0.717) is 5.69 Å². The molecular formula is C17H13F3N2O3S. The lowest BCUT2D eigenvalue weighted by Crippen LogP contribution is -2.14. The van der Waals surface area contributed by atoms with Gasteiger partial charge in [-0.25, -0.2) is 13.1 Å². The van der Waals surface area contributed by atoms with Gasteiger partial charge in [-0.2, -0.15) is 13.2 Å². The zero-order chi connectivity index (χ0) is 18.9. The van der Waals surface area contributed by atoms with Crippen molar-refractivity contribution >= 4 is 15.9 Å². The molecule has 0 unspecified atom stereocenters. The molecule has 0 aliphatic carbocycles. The number of sulfonamides is 1. The van der Waals surface area contributed by atoms with Crippen molar-refractivity contribution < 1.29 is 26.1 Å². The van der Waals surface area contributed by atoms with Crippen molar-refractivity contribution in [3.63, 3.8) is 0 Å². The number of hydrogen-bond donors (Lipinski definition) is 1. The van der Waals surface area contributed by atoms with Crippen LogP contribution in [0.2, 0.25) is 0 Å². The smallest absolute Gasteiger partial charge is 0.338 e. The zero-order valence-corrected chi connectivity index (χ0v) is 14.2. The Kier molecular flexibility index (Phi) is 4.49. The molecule has 0 aliphatic rings. The molecule has 0 saturated carbocycles. The van der Waals surface area contributed by atoms with E-state index in [9.17, 15) is 21.6 Å². The minimum Gasteiger partial charge on any atom is -0.338 e. The maximum Gasteiger partial charge on any atom is 0.417 e. The Morgan fingerprint density at radius 1 is 1.00 bits per heavy atom. The molecule has 5 nitrogen and oxygen atoms in total. The van der Waals surface area contributed by atoms with E-state index in [2.05, 4.69) is 9.88 Å². The third-order valence-corrected chi connectivity index (χ3v) is 4.97. The number of hydrogen-bond acceptors (Lipinski definition) is 4. The van der Waals surface area contributed by atoms with E-state index in [1.54, 1.807) is 6.92 Å². The first kappa shape index (κ1) is 18.0. The van der Waals surface area contributed by atoms with E-state index < -0.39 is 21.8 Å².